The molecule has 1 unspecified atom stereocenters. The van der Waals surface area contributed by atoms with E-state index in [-0.39, 0.29) is 11.8 Å². The van der Waals surface area contributed by atoms with Crippen LogP contribution in [0, 0.1) is 23.5 Å². The molecule has 31 heavy (non-hydrogen) atoms. The quantitative estimate of drug-likeness (QED) is 0.699. The number of hydrogen-bond acceptors (Lipinski definition) is 4. The number of carbonyl (C=O) groups excluding carboxylic acids is 1. The van der Waals surface area contributed by atoms with Gasteiger partial charge in [-0.3, -0.25) is 9.69 Å². The fraction of sp³-hybridized carbons (Fsp3) is 0.652. The molecule has 170 valence electrons. The summed E-state index contributed by atoms with van der Waals surface area (Å²) in [6.45, 7) is 10.2. The van der Waals surface area contributed by atoms with Gasteiger partial charge in [0.1, 0.15) is 6.04 Å². The Morgan fingerprint density at radius 1 is 1.13 bits per heavy atom. The van der Waals surface area contributed by atoms with Crippen LogP contribution in [0.15, 0.2) is 18.5 Å². The molecule has 0 radical (unpaired) electrons. The van der Waals surface area contributed by atoms with E-state index in [4.69, 9.17) is 4.74 Å². The highest BCUT2D eigenvalue weighted by Crippen LogP contribution is 2.29. The maximum Gasteiger partial charge on any atom is 0.245 e. The molecule has 1 aromatic heterocycles. The van der Waals surface area contributed by atoms with E-state index >= 15 is 0 Å². The van der Waals surface area contributed by atoms with Crippen molar-refractivity contribution in [2.75, 3.05) is 45.9 Å². The fourth-order valence-electron chi connectivity index (χ4n) is 4.79. The van der Waals surface area contributed by atoms with E-state index in [9.17, 15) is 13.6 Å². The maximum absolute atomic E-state index is 13.9. The number of hydrogen-bond donors (Lipinski definition) is 0. The lowest BCUT2D eigenvalue weighted by molar-refractivity contribution is -0.137. The third-order valence-electron chi connectivity index (χ3n) is 6.68. The highest BCUT2D eigenvalue weighted by molar-refractivity contribution is 5.84. The average Bonchev–Trinajstić information content (AvgIpc) is 3.15. The highest BCUT2D eigenvalue weighted by atomic mass is 19.2. The number of imidazole rings is 1. The number of ether oxygens (including phenoxy) is 1. The molecule has 3 heterocycles. The third kappa shape index (κ3) is 4.90. The van der Waals surface area contributed by atoms with Crippen molar-refractivity contribution in [3.8, 4) is 0 Å². The van der Waals surface area contributed by atoms with Crippen molar-refractivity contribution < 1.29 is 18.3 Å². The molecule has 0 N–H and O–H groups in total. The number of benzene rings is 1. The minimum Gasteiger partial charge on any atom is -0.379 e. The lowest BCUT2D eigenvalue weighted by Crippen LogP contribution is -2.44. The first-order valence-electron chi connectivity index (χ1n) is 11.3. The van der Waals surface area contributed by atoms with Crippen molar-refractivity contribution in [2.24, 2.45) is 11.8 Å². The van der Waals surface area contributed by atoms with Crippen LogP contribution < -0.4 is 0 Å². The van der Waals surface area contributed by atoms with Crippen LogP contribution in [-0.4, -0.2) is 71.2 Å². The lowest BCUT2D eigenvalue weighted by Gasteiger charge is -2.36. The molecule has 1 aromatic carbocycles. The third-order valence-corrected chi connectivity index (χ3v) is 6.68. The van der Waals surface area contributed by atoms with Gasteiger partial charge in [-0.25, -0.2) is 13.8 Å². The van der Waals surface area contributed by atoms with E-state index in [1.807, 2.05) is 18.7 Å². The van der Waals surface area contributed by atoms with Gasteiger partial charge in [0.15, 0.2) is 11.6 Å². The monoisotopic (exact) mass is 434 g/mol. The SMILES string of the molecule is CC(C)C(C(=O)N1CCC(CCN2CCOCC2)CC1)n1cnc2cc(F)c(F)cc21. The summed E-state index contributed by atoms with van der Waals surface area (Å²) in [6.07, 6.45) is 4.70. The predicted molar refractivity (Wildman–Crippen MR) is 115 cm³/mol. The molecule has 2 fully saturated rings. The van der Waals surface area contributed by atoms with E-state index < -0.39 is 17.7 Å². The Labute approximate surface area is 182 Å². The Balaban J connectivity index is 1.40. The Kier molecular flexibility index (Phi) is 6.86. The molecule has 1 amide bonds. The van der Waals surface area contributed by atoms with Crippen LogP contribution in [0.5, 0.6) is 0 Å². The van der Waals surface area contributed by atoms with Crippen LogP contribution >= 0.6 is 0 Å². The Bertz CT molecular complexity index is 902. The summed E-state index contributed by atoms with van der Waals surface area (Å²) in [4.78, 5) is 22.0. The minimum absolute atomic E-state index is 0.00272. The molecule has 2 saturated heterocycles. The van der Waals surface area contributed by atoms with Crippen LogP contribution in [0.4, 0.5) is 8.78 Å². The molecule has 0 spiro atoms. The molecule has 2 aliphatic heterocycles. The molecule has 1 atom stereocenters. The van der Waals surface area contributed by atoms with Gasteiger partial charge in [0.2, 0.25) is 5.91 Å². The summed E-state index contributed by atoms with van der Waals surface area (Å²) in [6, 6.07) is 1.74. The van der Waals surface area contributed by atoms with E-state index in [0.717, 1.165) is 77.3 Å². The van der Waals surface area contributed by atoms with Crippen molar-refractivity contribution in [3.63, 3.8) is 0 Å². The number of fused-ring (bicyclic) bond motifs is 1. The topological polar surface area (TPSA) is 50.6 Å². The summed E-state index contributed by atoms with van der Waals surface area (Å²) in [5.74, 6) is -1.19. The average molecular weight is 435 g/mol. The van der Waals surface area contributed by atoms with Gasteiger partial charge >= 0.3 is 0 Å². The fourth-order valence-corrected chi connectivity index (χ4v) is 4.79. The molecule has 4 rings (SSSR count). The van der Waals surface area contributed by atoms with E-state index in [2.05, 4.69) is 9.88 Å². The van der Waals surface area contributed by atoms with Gasteiger partial charge in [0.25, 0.3) is 0 Å². The van der Waals surface area contributed by atoms with Crippen LogP contribution in [0.1, 0.15) is 39.2 Å². The van der Waals surface area contributed by atoms with Gasteiger partial charge in [-0.1, -0.05) is 13.8 Å². The van der Waals surface area contributed by atoms with Crippen molar-refractivity contribution in [3.05, 3.63) is 30.1 Å². The van der Waals surface area contributed by atoms with E-state index in [1.54, 1.807) is 4.57 Å². The summed E-state index contributed by atoms with van der Waals surface area (Å²) < 4.78 is 34.5. The molecular formula is C23H32F2N4O2. The summed E-state index contributed by atoms with van der Waals surface area (Å²) >= 11 is 0. The molecule has 8 heteroatoms. The number of rotatable bonds is 6. The molecule has 0 aliphatic carbocycles. The van der Waals surface area contributed by atoms with Gasteiger partial charge in [0.05, 0.1) is 30.6 Å². The lowest BCUT2D eigenvalue weighted by atomic mass is 9.92. The Hall–Kier alpha value is -2.06. The second kappa shape index (κ2) is 9.61. The van der Waals surface area contributed by atoms with Crippen LogP contribution in [0.25, 0.3) is 11.0 Å². The van der Waals surface area contributed by atoms with E-state index in [0.29, 0.717) is 17.0 Å². The number of aromatic nitrogens is 2. The van der Waals surface area contributed by atoms with Gasteiger partial charge in [-0.15, -0.1) is 0 Å². The largest absolute Gasteiger partial charge is 0.379 e. The molecular weight excluding hydrogens is 402 g/mol. The molecule has 2 aromatic rings. The number of nitrogens with zero attached hydrogens (tertiary/aromatic N) is 4. The molecule has 6 nitrogen and oxygen atoms in total. The number of carbonyl (C=O) groups is 1. The smallest absolute Gasteiger partial charge is 0.245 e. The first-order chi connectivity index (χ1) is 14.9. The number of piperidine rings is 1. The van der Waals surface area contributed by atoms with Gasteiger partial charge in [-0.2, -0.15) is 0 Å². The highest BCUT2D eigenvalue weighted by Gasteiger charge is 2.32. The summed E-state index contributed by atoms with van der Waals surface area (Å²) in [5, 5.41) is 0. The number of likely N-dealkylation sites (tertiary alicyclic amines) is 1. The molecule has 0 saturated carbocycles. The second-order valence-electron chi connectivity index (χ2n) is 9.11. The molecule has 0 bridgehead atoms. The number of halogens is 2. The van der Waals surface area contributed by atoms with Crippen LogP contribution in [0.2, 0.25) is 0 Å². The van der Waals surface area contributed by atoms with Crippen LogP contribution in [-0.2, 0) is 9.53 Å². The van der Waals surface area contributed by atoms with Crippen molar-refractivity contribution in [2.45, 2.75) is 39.2 Å². The number of amides is 1. The second-order valence-corrected chi connectivity index (χ2v) is 9.11. The van der Waals surface area contributed by atoms with Crippen LogP contribution in [0.3, 0.4) is 0 Å². The predicted octanol–water partition coefficient (Wildman–Crippen LogP) is 3.47. The maximum atomic E-state index is 13.9. The zero-order valence-electron chi connectivity index (χ0n) is 18.4. The van der Waals surface area contributed by atoms with Gasteiger partial charge in [0, 0.05) is 38.3 Å². The molecule has 2 aliphatic rings. The zero-order valence-corrected chi connectivity index (χ0v) is 18.4. The Morgan fingerprint density at radius 2 is 1.81 bits per heavy atom. The minimum atomic E-state index is -0.927. The summed E-state index contributed by atoms with van der Waals surface area (Å²) in [5.41, 5.74) is 0.811. The first-order valence-corrected chi connectivity index (χ1v) is 11.3. The van der Waals surface area contributed by atoms with E-state index in [1.165, 1.54) is 6.33 Å². The number of morpholine rings is 1. The Morgan fingerprint density at radius 3 is 2.48 bits per heavy atom. The van der Waals surface area contributed by atoms with Crippen molar-refractivity contribution in [1.29, 1.82) is 0 Å². The van der Waals surface area contributed by atoms with Crippen molar-refractivity contribution in [1.82, 2.24) is 19.4 Å². The standard InChI is InChI=1S/C23H32F2N4O2/c1-16(2)22(29-15-26-20-13-18(24)19(25)14-21(20)29)23(30)28-7-4-17(5-8-28)3-6-27-9-11-31-12-10-27/h13-17,22H,3-12H2,1-2H3. The normalized spacial score (nSPS) is 20.0. The van der Waals surface area contributed by atoms with Crippen molar-refractivity contribution >= 4 is 16.9 Å². The first kappa shape index (κ1) is 22.1. The van der Waals surface area contributed by atoms with Gasteiger partial charge < -0.3 is 14.2 Å². The zero-order chi connectivity index (χ0) is 22.0. The van der Waals surface area contributed by atoms with Gasteiger partial charge in [-0.05, 0) is 37.6 Å². The summed E-state index contributed by atoms with van der Waals surface area (Å²) in [7, 11) is 0.